The lowest BCUT2D eigenvalue weighted by molar-refractivity contribution is 0.296. The van der Waals surface area contributed by atoms with Crippen LogP contribution < -0.4 is 5.32 Å². The van der Waals surface area contributed by atoms with E-state index in [1.807, 2.05) is 11.8 Å². The Bertz CT molecular complexity index is 141. The van der Waals surface area contributed by atoms with Crippen LogP contribution in [0.25, 0.3) is 0 Å². The van der Waals surface area contributed by atoms with Crippen LogP contribution >= 0.6 is 11.8 Å². The van der Waals surface area contributed by atoms with Gasteiger partial charge in [-0.05, 0) is 44.3 Å². The molecule has 0 aliphatic heterocycles. The molecule has 1 aliphatic rings. The molecule has 14 heavy (non-hydrogen) atoms. The molecule has 1 nitrogen and oxygen atoms in total. The molecule has 0 aromatic carbocycles. The summed E-state index contributed by atoms with van der Waals surface area (Å²) in [6, 6.07) is 1.50. The first-order valence-corrected chi connectivity index (χ1v) is 7.21. The van der Waals surface area contributed by atoms with Crippen LogP contribution in [0.5, 0.6) is 0 Å². The lowest BCUT2D eigenvalue weighted by Gasteiger charge is -2.29. The van der Waals surface area contributed by atoms with Gasteiger partial charge < -0.3 is 5.32 Å². The van der Waals surface area contributed by atoms with Gasteiger partial charge >= 0.3 is 0 Å². The van der Waals surface area contributed by atoms with Crippen molar-refractivity contribution < 1.29 is 0 Å². The van der Waals surface area contributed by atoms with E-state index in [2.05, 4.69) is 26.1 Å². The maximum Gasteiger partial charge on any atom is 0.0132 e. The van der Waals surface area contributed by atoms with E-state index in [-0.39, 0.29) is 0 Å². The Kier molecular flexibility index (Phi) is 5.95. The summed E-state index contributed by atoms with van der Waals surface area (Å²) in [5.74, 6) is 3.48. The van der Waals surface area contributed by atoms with Crippen LogP contribution in [0, 0.1) is 5.92 Å². The van der Waals surface area contributed by atoms with Crippen molar-refractivity contribution in [1.82, 2.24) is 5.32 Å². The van der Waals surface area contributed by atoms with Crippen molar-refractivity contribution in [2.75, 3.05) is 11.5 Å². The molecule has 1 N–H and O–H groups in total. The second kappa shape index (κ2) is 6.73. The zero-order valence-corrected chi connectivity index (χ0v) is 10.7. The number of hydrogen-bond acceptors (Lipinski definition) is 2. The first-order valence-electron chi connectivity index (χ1n) is 6.06. The second-order valence-electron chi connectivity index (χ2n) is 4.68. The fourth-order valence-electron chi connectivity index (χ4n) is 2.17. The zero-order valence-electron chi connectivity index (χ0n) is 9.88. The van der Waals surface area contributed by atoms with Crippen molar-refractivity contribution in [3.8, 4) is 0 Å². The lowest BCUT2D eigenvalue weighted by atomic mass is 9.87. The Morgan fingerprint density at radius 1 is 1.29 bits per heavy atom. The van der Waals surface area contributed by atoms with Gasteiger partial charge in [0.2, 0.25) is 0 Å². The van der Waals surface area contributed by atoms with Gasteiger partial charge in [-0.2, -0.15) is 11.8 Å². The largest absolute Gasteiger partial charge is 0.311 e. The summed E-state index contributed by atoms with van der Waals surface area (Å²) in [5.41, 5.74) is 0. The summed E-state index contributed by atoms with van der Waals surface area (Å²) >= 11 is 2.04. The predicted molar refractivity (Wildman–Crippen MR) is 67.0 cm³/mol. The van der Waals surface area contributed by atoms with Gasteiger partial charge in [-0.3, -0.25) is 0 Å². The maximum absolute atomic E-state index is 3.75. The van der Waals surface area contributed by atoms with Crippen LogP contribution in [0.15, 0.2) is 0 Å². The Balaban J connectivity index is 2.10. The lowest BCUT2D eigenvalue weighted by Crippen LogP contribution is -2.40. The Hall–Kier alpha value is 0.310. The fourth-order valence-corrected chi connectivity index (χ4v) is 2.86. The third kappa shape index (κ3) is 4.70. The summed E-state index contributed by atoms with van der Waals surface area (Å²) in [6.45, 7) is 6.94. The topological polar surface area (TPSA) is 12.0 Å². The molecule has 1 fully saturated rings. The summed E-state index contributed by atoms with van der Waals surface area (Å²) in [5, 5.41) is 3.75. The molecule has 1 saturated carbocycles. The normalized spacial score (nSPS) is 30.2. The first kappa shape index (κ1) is 12.4. The number of rotatable bonds is 5. The molecule has 2 heteroatoms. The molecule has 0 heterocycles. The SMILES string of the molecule is CCSCC(C)NC1CCC(C)CC1. The van der Waals surface area contributed by atoms with Gasteiger partial charge in [-0.25, -0.2) is 0 Å². The smallest absolute Gasteiger partial charge is 0.0132 e. The van der Waals surface area contributed by atoms with E-state index < -0.39 is 0 Å². The van der Waals surface area contributed by atoms with Crippen molar-refractivity contribution in [1.29, 1.82) is 0 Å². The molecule has 0 aromatic heterocycles. The third-order valence-electron chi connectivity index (χ3n) is 3.11. The molecule has 0 bridgehead atoms. The van der Waals surface area contributed by atoms with Gasteiger partial charge in [0.1, 0.15) is 0 Å². The van der Waals surface area contributed by atoms with E-state index in [4.69, 9.17) is 0 Å². The summed E-state index contributed by atoms with van der Waals surface area (Å²) in [7, 11) is 0. The van der Waals surface area contributed by atoms with Gasteiger partial charge in [-0.1, -0.05) is 13.8 Å². The predicted octanol–water partition coefficient (Wildman–Crippen LogP) is 3.30. The highest BCUT2D eigenvalue weighted by Crippen LogP contribution is 2.23. The van der Waals surface area contributed by atoms with Crippen LogP contribution in [0.3, 0.4) is 0 Å². The average molecular weight is 215 g/mol. The average Bonchev–Trinajstić information content (AvgIpc) is 2.18. The Morgan fingerprint density at radius 3 is 2.50 bits per heavy atom. The highest BCUT2D eigenvalue weighted by molar-refractivity contribution is 7.99. The van der Waals surface area contributed by atoms with E-state index in [9.17, 15) is 0 Å². The quantitative estimate of drug-likeness (QED) is 0.755. The molecule has 1 rings (SSSR count). The van der Waals surface area contributed by atoms with Gasteiger partial charge in [0.25, 0.3) is 0 Å². The zero-order chi connectivity index (χ0) is 10.4. The summed E-state index contributed by atoms with van der Waals surface area (Å²) < 4.78 is 0. The number of hydrogen-bond donors (Lipinski definition) is 1. The second-order valence-corrected chi connectivity index (χ2v) is 6.00. The van der Waals surface area contributed by atoms with Crippen molar-refractivity contribution in [2.24, 2.45) is 5.92 Å². The molecule has 1 atom stereocenters. The van der Waals surface area contributed by atoms with Gasteiger partial charge in [0, 0.05) is 17.8 Å². The minimum absolute atomic E-state index is 0.693. The standard InChI is InChI=1S/C12H25NS/c1-4-14-9-11(3)13-12-7-5-10(2)6-8-12/h10-13H,4-9H2,1-3H3. The maximum atomic E-state index is 3.75. The molecular weight excluding hydrogens is 190 g/mol. The first-order chi connectivity index (χ1) is 6.72. The van der Waals surface area contributed by atoms with Crippen molar-refractivity contribution in [3.63, 3.8) is 0 Å². The molecule has 84 valence electrons. The molecule has 0 saturated heterocycles. The van der Waals surface area contributed by atoms with Crippen molar-refractivity contribution in [2.45, 2.75) is 58.5 Å². The van der Waals surface area contributed by atoms with Crippen molar-refractivity contribution in [3.05, 3.63) is 0 Å². The molecule has 0 amide bonds. The van der Waals surface area contributed by atoms with Crippen LogP contribution in [-0.2, 0) is 0 Å². The van der Waals surface area contributed by atoms with Crippen molar-refractivity contribution >= 4 is 11.8 Å². The van der Waals surface area contributed by atoms with Crippen LogP contribution in [0.2, 0.25) is 0 Å². The molecule has 0 radical (unpaired) electrons. The Labute approximate surface area is 93.4 Å². The van der Waals surface area contributed by atoms with E-state index in [0.717, 1.165) is 12.0 Å². The van der Waals surface area contributed by atoms with Crippen LogP contribution in [0.1, 0.15) is 46.5 Å². The minimum atomic E-state index is 0.693. The molecule has 0 spiro atoms. The van der Waals surface area contributed by atoms with E-state index in [0.29, 0.717) is 6.04 Å². The fraction of sp³-hybridized carbons (Fsp3) is 1.00. The highest BCUT2D eigenvalue weighted by atomic mass is 32.2. The number of thioether (sulfide) groups is 1. The Morgan fingerprint density at radius 2 is 1.93 bits per heavy atom. The van der Waals surface area contributed by atoms with E-state index in [1.54, 1.807) is 0 Å². The van der Waals surface area contributed by atoms with Gasteiger partial charge in [0.15, 0.2) is 0 Å². The highest BCUT2D eigenvalue weighted by Gasteiger charge is 2.18. The van der Waals surface area contributed by atoms with Crippen LogP contribution in [0.4, 0.5) is 0 Å². The summed E-state index contributed by atoms with van der Waals surface area (Å²) in [6.07, 6.45) is 5.63. The van der Waals surface area contributed by atoms with Gasteiger partial charge in [0.05, 0.1) is 0 Å². The molecule has 1 unspecified atom stereocenters. The monoisotopic (exact) mass is 215 g/mol. The summed E-state index contributed by atoms with van der Waals surface area (Å²) in [4.78, 5) is 0. The molecule has 1 aliphatic carbocycles. The molecule has 0 aromatic rings. The van der Waals surface area contributed by atoms with Gasteiger partial charge in [-0.15, -0.1) is 0 Å². The van der Waals surface area contributed by atoms with E-state index in [1.165, 1.54) is 37.2 Å². The van der Waals surface area contributed by atoms with E-state index >= 15 is 0 Å². The molecular formula is C12H25NS. The number of nitrogens with one attached hydrogen (secondary N) is 1. The third-order valence-corrected chi connectivity index (χ3v) is 4.25. The minimum Gasteiger partial charge on any atom is -0.311 e. The van der Waals surface area contributed by atoms with Crippen LogP contribution in [-0.4, -0.2) is 23.6 Å².